The fraction of sp³-hybridized carbons (Fsp3) is 0.632. The van der Waals surface area contributed by atoms with E-state index in [4.69, 9.17) is 4.98 Å². The summed E-state index contributed by atoms with van der Waals surface area (Å²) in [6.07, 6.45) is 14.0. The number of hydrogen-bond donors (Lipinski definition) is 1. The molecule has 1 N–H and O–H groups in total. The zero-order valence-corrected chi connectivity index (χ0v) is 14.6. The number of aromatic nitrogens is 4. The molecule has 2 aliphatic carbocycles. The minimum Gasteiger partial charge on any atom is -0.344 e. The van der Waals surface area contributed by atoms with Crippen molar-refractivity contribution in [2.45, 2.75) is 69.9 Å². The molecule has 2 aromatic rings. The van der Waals surface area contributed by atoms with Gasteiger partial charge in [-0.25, -0.2) is 4.98 Å². The van der Waals surface area contributed by atoms with E-state index >= 15 is 0 Å². The molecule has 1 atom stereocenters. The molecule has 1 unspecified atom stereocenters. The van der Waals surface area contributed by atoms with E-state index in [1.54, 1.807) is 6.20 Å². The molecule has 2 aromatic heterocycles. The molecule has 132 valence electrons. The van der Waals surface area contributed by atoms with Crippen LogP contribution in [0.1, 0.15) is 84.6 Å². The molecule has 0 spiro atoms. The van der Waals surface area contributed by atoms with Crippen LogP contribution in [0.3, 0.4) is 0 Å². The fourth-order valence-corrected chi connectivity index (χ4v) is 4.39. The Morgan fingerprint density at radius 2 is 2.00 bits per heavy atom. The molecule has 1 amide bonds. The SMILES string of the molecule is O=C(c1cnn(C2CCC2)c1)N1CCCC1c1nc2c([nH]1)CCCC2. The first kappa shape index (κ1) is 15.2. The van der Waals surface area contributed by atoms with Crippen LogP contribution in [0, 0.1) is 0 Å². The first-order chi connectivity index (χ1) is 12.3. The van der Waals surface area contributed by atoms with Gasteiger partial charge in [-0.3, -0.25) is 9.48 Å². The van der Waals surface area contributed by atoms with Crippen molar-refractivity contribution >= 4 is 5.91 Å². The number of likely N-dealkylation sites (tertiary alicyclic amines) is 1. The van der Waals surface area contributed by atoms with Crippen LogP contribution >= 0.6 is 0 Å². The van der Waals surface area contributed by atoms with Gasteiger partial charge in [0.05, 0.1) is 29.5 Å². The quantitative estimate of drug-likeness (QED) is 0.934. The second-order valence-electron chi connectivity index (χ2n) is 7.70. The number of fused-ring (bicyclic) bond motifs is 1. The van der Waals surface area contributed by atoms with Crippen molar-refractivity contribution in [1.29, 1.82) is 0 Å². The number of nitrogens with zero attached hydrogens (tertiary/aromatic N) is 4. The summed E-state index contributed by atoms with van der Waals surface area (Å²) >= 11 is 0. The third-order valence-corrected chi connectivity index (χ3v) is 6.10. The average Bonchev–Trinajstić information content (AvgIpc) is 3.30. The predicted octanol–water partition coefficient (Wildman–Crippen LogP) is 3.19. The first-order valence-corrected chi connectivity index (χ1v) is 9.72. The van der Waals surface area contributed by atoms with E-state index in [-0.39, 0.29) is 11.9 Å². The van der Waals surface area contributed by atoms with Crippen LogP contribution in [0.15, 0.2) is 12.4 Å². The van der Waals surface area contributed by atoms with E-state index in [0.29, 0.717) is 6.04 Å². The second kappa shape index (κ2) is 6.00. The highest BCUT2D eigenvalue weighted by molar-refractivity contribution is 5.94. The summed E-state index contributed by atoms with van der Waals surface area (Å²) in [6, 6.07) is 0.581. The van der Waals surface area contributed by atoms with Crippen LogP contribution in [0.2, 0.25) is 0 Å². The number of aryl methyl sites for hydroxylation is 2. The van der Waals surface area contributed by atoms with Gasteiger partial charge < -0.3 is 9.88 Å². The molecule has 1 saturated heterocycles. The van der Waals surface area contributed by atoms with E-state index in [1.807, 2.05) is 15.8 Å². The maximum Gasteiger partial charge on any atom is 0.257 e. The summed E-state index contributed by atoms with van der Waals surface area (Å²) in [6.45, 7) is 0.809. The lowest BCUT2D eigenvalue weighted by Crippen LogP contribution is -2.31. The third-order valence-electron chi connectivity index (χ3n) is 6.10. The molecule has 0 radical (unpaired) electrons. The smallest absolute Gasteiger partial charge is 0.257 e. The van der Waals surface area contributed by atoms with E-state index in [2.05, 4.69) is 10.1 Å². The van der Waals surface area contributed by atoms with Gasteiger partial charge in [-0.05, 0) is 57.8 Å². The second-order valence-corrected chi connectivity index (χ2v) is 7.70. The van der Waals surface area contributed by atoms with Gasteiger partial charge in [0.25, 0.3) is 5.91 Å². The molecule has 25 heavy (non-hydrogen) atoms. The number of aromatic amines is 1. The molecule has 6 nitrogen and oxygen atoms in total. The van der Waals surface area contributed by atoms with Crippen LogP contribution in [-0.2, 0) is 12.8 Å². The van der Waals surface area contributed by atoms with Crippen LogP contribution in [0.25, 0.3) is 0 Å². The van der Waals surface area contributed by atoms with Gasteiger partial charge in [-0.15, -0.1) is 0 Å². The predicted molar refractivity (Wildman–Crippen MR) is 93.4 cm³/mol. The van der Waals surface area contributed by atoms with Crippen molar-refractivity contribution in [1.82, 2.24) is 24.6 Å². The lowest BCUT2D eigenvalue weighted by atomic mass is 9.93. The van der Waals surface area contributed by atoms with Crippen molar-refractivity contribution in [3.8, 4) is 0 Å². The molecule has 3 aliphatic rings. The monoisotopic (exact) mass is 339 g/mol. The molecule has 1 saturated carbocycles. The van der Waals surface area contributed by atoms with Crippen LogP contribution in [0.4, 0.5) is 0 Å². The Bertz CT molecular complexity index is 764. The lowest BCUT2D eigenvalue weighted by Gasteiger charge is -2.25. The number of imidazole rings is 1. The molecular weight excluding hydrogens is 314 g/mol. The average molecular weight is 339 g/mol. The normalized spacial score (nSPS) is 23.5. The summed E-state index contributed by atoms with van der Waals surface area (Å²) < 4.78 is 1.98. The Kier molecular flexibility index (Phi) is 3.64. The maximum atomic E-state index is 13.0. The molecule has 2 fully saturated rings. The first-order valence-electron chi connectivity index (χ1n) is 9.72. The lowest BCUT2D eigenvalue weighted by molar-refractivity contribution is 0.0730. The Morgan fingerprint density at radius 1 is 1.12 bits per heavy atom. The summed E-state index contributed by atoms with van der Waals surface area (Å²) in [5.74, 6) is 1.09. The Balaban J connectivity index is 1.37. The largest absolute Gasteiger partial charge is 0.344 e. The van der Waals surface area contributed by atoms with Crippen LogP contribution in [0.5, 0.6) is 0 Å². The van der Waals surface area contributed by atoms with Gasteiger partial charge in [0.15, 0.2) is 0 Å². The highest BCUT2D eigenvalue weighted by Crippen LogP contribution is 2.34. The van der Waals surface area contributed by atoms with Crippen molar-refractivity contribution < 1.29 is 4.79 Å². The van der Waals surface area contributed by atoms with E-state index in [9.17, 15) is 4.79 Å². The van der Waals surface area contributed by atoms with Crippen molar-refractivity contribution in [2.75, 3.05) is 6.54 Å². The highest BCUT2D eigenvalue weighted by Gasteiger charge is 2.34. The Labute approximate surface area is 147 Å². The molecule has 1 aliphatic heterocycles. The topological polar surface area (TPSA) is 66.8 Å². The number of carbonyl (C=O) groups is 1. The summed E-state index contributed by atoms with van der Waals surface area (Å²) in [7, 11) is 0. The highest BCUT2D eigenvalue weighted by atomic mass is 16.2. The van der Waals surface area contributed by atoms with Gasteiger partial charge in [0.1, 0.15) is 5.82 Å². The fourth-order valence-electron chi connectivity index (χ4n) is 4.39. The Hall–Kier alpha value is -2.11. The van der Waals surface area contributed by atoms with E-state index < -0.39 is 0 Å². The van der Waals surface area contributed by atoms with Gasteiger partial charge in [0.2, 0.25) is 0 Å². The summed E-state index contributed by atoms with van der Waals surface area (Å²) in [4.78, 5) is 23.4. The number of carbonyl (C=O) groups excluding carboxylic acids is 1. The zero-order chi connectivity index (χ0) is 16.8. The van der Waals surface area contributed by atoms with E-state index in [0.717, 1.165) is 43.6 Å². The van der Waals surface area contributed by atoms with E-state index in [1.165, 1.54) is 43.5 Å². The molecule has 6 heteroatoms. The van der Waals surface area contributed by atoms with Crippen molar-refractivity contribution in [3.05, 3.63) is 35.2 Å². The Morgan fingerprint density at radius 3 is 2.80 bits per heavy atom. The van der Waals surface area contributed by atoms with Crippen LogP contribution < -0.4 is 0 Å². The number of H-pyrrole nitrogens is 1. The van der Waals surface area contributed by atoms with Crippen LogP contribution in [-0.4, -0.2) is 37.1 Å². The maximum absolute atomic E-state index is 13.0. The zero-order valence-electron chi connectivity index (χ0n) is 14.6. The number of nitrogens with one attached hydrogen (secondary N) is 1. The van der Waals surface area contributed by atoms with Crippen molar-refractivity contribution in [3.63, 3.8) is 0 Å². The number of rotatable bonds is 3. The summed E-state index contributed by atoms with van der Waals surface area (Å²) in [5, 5.41) is 4.43. The standard InChI is InChI=1S/C19H25N5O/c25-19(13-11-20-24(12-13)14-5-3-6-14)23-10-4-9-17(23)18-21-15-7-1-2-8-16(15)22-18/h11-12,14,17H,1-10H2,(H,21,22). The van der Waals surface area contributed by atoms with Gasteiger partial charge in [-0.2, -0.15) is 5.10 Å². The van der Waals surface area contributed by atoms with Gasteiger partial charge in [-0.1, -0.05) is 0 Å². The number of hydrogen-bond acceptors (Lipinski definition) is 3. The van der Waals surface area contributed by atoms with Gasteiger partial charge >= 0.3 is 0 Å². The van der Waals surface area contributed by atoms with Gasteiger partial charge in [0, 0.05) is 18.4 Å². The minimum atomic E-state index is 0.0881. The summed E-state index contributed by atoms with van der Waals surface area (Å²) in [5.41, 5.74) is 3.23. The molecule has 0 aromatic carbocycles. The molecule has 3 heterocycles. The molecular formula is C19H25N5O. The number of amides is 1. The third kappa shape index (κ3) is 2.58. The minimum absolute atomic E-state index is 0.0881. The molecule has 5 rings (SSSR count). The van der Waals surface area contributed by atoms with Crippen molar-refractivity contribution in [2.24, 2.45) is 0 Å². The molecule has 0 bridgehead atoms.